The number of hydrogen-bond acceptors (Lipinski definition) is 13. The van der Waals surface area contributed by atoms with Gasteiger partial charge in [-0.3, -0.25) is 19.6 Å². The molecule has 2 aromatic rings. The fourth-order valence-corrected chi connectivity index (χ4v) is 4.99. The number of aliphatic hydroxyl groups excluding tert-OH is 1. The number of nitrogens with two attached hydrogens (primary N) is 2. The zero-order valence-corrected chi connectivity index (χ0v) is 27.0. The number of nitrogens with one attached hydrogen (secondary N) is 1. The molecule has 12 nitrogen and oxygen atoms in total. The molecule has 0 radical (unpaired) electrons. The second kappa shape index (κ2) is 19.5. The van der Waals surface area contributed by atoms with Gasteiger partial charge < -0.3 is 26.6 Å². The number of nitrogens with zero attached hydrogens (tertiary/aromatic N) is 5. The van der Waals surface area contributed by atoms with Crippen LogP contribution in [-0.2, 0) is 9.53 Å². The van der Waals surface area contributed by atoms with Gasteiger partial charge in [0, 0.05) is 31.5 Å². The zero-order chi connectivity index (χ0) is 33.4. The lowest BCUT2D eigenvalue weighted by atomic mass is 9.96. The van der Waals surface area contributed by atoms with Crippen molar-refractivity contribution < 1.29 is 28.2 Å². The van der Waals surface area contributed by atoms with E-state index in [1.54, 1.807) is 36.8 Å². The summed E-state index contributed by atoms with van der Waals surface area (Å²) in [6, 6.07) is 1.62. The topological polar surface area (TPSA) is 181 Å². The first kappa shape index (κ1) is 37.4. The fourth-order valence-electron chi connectivity index (χ4n) is 4.17. The first-order valence-electron chi connectivity index (χ1n) is 14.8. The number of pyridine rings is 1. The molecule has 2 atom stereocenters. The van der Waals surface area contributed by atoms with Crippen LogP contribution in [0.3, 0.4) is 0 Å². The number of halogens is 2. The number of aldehydes is 1. The van der Waals surface area contributed by atoms with Crippen LogP contribution in [0.1, 0.15) is 80.0 Å². The van der Waals surface area contributed by atoms with Crippen LogP contribution in [0.4, 0.5) is 8.78 Å². The van der Waals surface area contributed by atoms with Gasteiger partial charge in [-0.05, 0) is 37.8 Å². The number of ether oxygens (including phenoxy) is 1. The Morgan fingerprint density at radius 2 is 1.96 bits per heavy atom. The maximum atomic E-state index is 13.7. The number of aliphatic hydroxyl groups is 1. The highest BCUT2D eigenvalue weighted by atomic mass is 32.1. The normalized spacial score (nSPS) is 17.6. The van der Waals surface area contributed by atoms with Gasteiger partial charge in [-0.2, -0.15) is 9.49 Å². The summed E-state index contributed by atoms with van der Waals surface area (Å²) in [5.41, 5.74) is 12.3. The molecule has 1 aliphatic heterocycles. The highest BCUT2D eigenvalue weighted by molar-refractivity contribution is 7.10. The molecule has 0 amide bonds. The van der Waals surface area contributed by atoms with Crippen molar-refractivity contribution in [3.63, 3.8) is 0 Å². The molecular weight excluding hydrogens is 606 g/mol. The predicted octanol–water partition coefficient (Wildman–Crippen LogP) is 3.43. The summed E-state index contributed by atoms with van der Waals surface area (Å²) in [6.45, 7) is 6.29. The summed E-state index contributed by atoms with van der Waals surface area (Å²) in [5.74, 6) is -1.81. The molecular formula is C30H44F2N8O4S. The van der Waals surface area contributed by atoms with Crippen molar-refractivity contribution in [3.05, 3.63) is 51.4 Å². The second-order valence-corrected chi connectivity index (χ2v) is 11.5. The third kappa shape index (κ3) is 12.2. The van der Waals surface area contributed by atoms with Crippen molar-refractivity contribution in [2.24, 2.45) is 27.5 Å². The fraction of sp³-hybridized carbons (Fsp3) is 0.533. The summed E-state index contributed by atoms with van der Waals surface area (Å²) in [5, 5.41) is 18.8. The van der Waals surface area contributed by atoms with Crippen molar-refractivity contribution in [3.8, 4) is 0 Å². The quantitative estimate of drug-likeness (QED) is 0.129. The largest absolute Gasteiger partial charge is 0.442 e. The lowest BCUT2D eigenvalue weighted by molar-refractivity contribution is -0.151. The van der Waals surface area contributed by atoms with Crippen molar-refractivity contribution in [2.75, 3.05) is 26.9 Å². The molecule has 0 aromatic carbocycles. The molecule has 248 valence electrons. The van der Waals surface area contributed by atoms with Crippen LogP contribution in [-0.4, -0.2) is 83.8 Å². The minimum absolute atomic E-state index is 0.0150. The first-order valence-corrected chi connectivity index (χ1v) is 15.7. The van der Waals surface area contributed by atoms with Crippen LogP contribution in [0.15, 0.2) is 33.3 Å². The third-order valence-electron chi connectivity index (χ3n) is 6.76. The van der Waals surface area contributed by atoms with Crippen molar-refractivity contribution >= 4 is 41.7 Å². The summed E-state index contributed by atoms with van der Waals surface area (Å²) in [7, 11) is 1.66. The third-order valence-corrected chi connectivity index (χ3v) is 7.75. The average molecular weight is 651 g/mol. The van der Waals surface area contributed by atoms with E-state index < -0.39 is 23.8 Å². The lowest BCUT2D eigenvalue weighted by Gasteiger charge is -2.18. The molecule has 2 aromatic heterocycles. The van der Waals surface area contributed by atoms with Gasteiger partial charge in [0.1, 0.15) is 22.4 Å². The van der Waals surface area contributed by atoms with Gasteiger partial charge in [0.05, 0.1) is 29.9 Å². The maximum absolute atomic E-state index is 13.7. The minimum atomic E-state index is -0.769. The standard InChI is InChI=1S/C15H20F2N4.C13H18N4O3S.C2H6O/c1-19-12(9-20-10-5-3-2-4-6-10)14(18)15-11(16)7-8-13(17)21-15;1-8(2)11(14)13(19)20-7-17-4-9(3-15-17)12-16-10(5-18)6-21-12;1-2-3/h7-10,19H,2-6,18H2,1H3;3,5-6,8-9,11H,4,7,14H2,1-2H3;3H,2H2,1H3/b14-12+,20-9?;;. The number of allylic oxidation sites excluding steroid dienone is 1. The number of esters is 1. The molecule has 0 bridgehead atoms. The molecule has 6 N–H and O–H groups in total. The molecule has 3 heterocycles. The van der Waals surface area contributed by atoms with Gasteiger partial charge in [0.25, 0.3) is 0 Å². The molecule has 4 rings (SSSR count). The first-order chi connectivity index (χ1) is 21.5. The molecule has 2 unspecified atom stereocenters. The molecule has 15 heteroatoms. The van der Waals surface area contributed by atoms with Gasteiger partial charge in [-0.15, -0.1) is 11.3 Å². The number of aliphatic imine (C=N–C) groups is 1. The van der Waals surface area contributed by atoms with Gasteiger partial charge in [0.2, 0.25) is 5.95 Å². The Morgan fingerprint density at radius 1 is 1.27 bits per heavy atom. The lowest BCUT2D eigenvalue weighted by Crippen LogP contribution is -2.38. The number of aromatic nitrogens is 2. The number of hydrazone groups is 1. The van der Waals surface area contributed by atoms with E-state index in [-0.39, 0.29) is 42.6 Å². The number of carbonyl (C=O) groups is 2. The smallest absolute Gasteiger partial charge is 0.324 e. The molecule has 1 fully saturated rings. The SMILES string of the molecule is CC(C)C(N)C(=O)OCN1CC(c2nc(C=O)cs2)C=N1.CCO.CN/C(C=NC1CCCCC1)=C(/N)c1nc(F)ccc1F. The molecule has 1 saturated carbocycles. The van der Waals surface area contributed by atoms with Crippen LogP contribution in [0.2, 0.25) is 0 Å². The number of rotatable bonds is 10. The molecule has 45 heavy (non-hydrogen) atoms. The highest BCUT2D eigenvalue weighted by Gasteiger charge is 2.25. The molecule has 2 aliphatic rings. The maximum Gasteiger partial charge on any atom is 0.324 e. The van der Waals surface area contributed by atoms with Crippen LogP contribution in [0, 0.1) is 17.7 Å². The number of carbonyl (C=O) groups excluding carboxylic acids is 2. The Hall–Kier alpha value is -3.82. The molecule has 1 aliphatic carbocycles. The van der Waals surface area contributed by atoms with Crippen molar-refractivity contribution in [2.45, 2.75) is 70.9 Å². The number of hydrogen-bond donors (Lipinski definition) is 4. The summed E-state index contributed by atoms with van der Waals surface area (Å²) >= 11 is 1.42. The minimum Gasteiger partial charge on any atom is -0.442 e. The summed E-state index contributed by atoms with van der Waals surface area (Å²) in [6.07, 6.45) is 9.77. The van der Waals surface area contributed by atoms with Gasteiger partial charge in [-0.25, -0.2) is 14.4 Å². The Balaban J connectivity index is 0.000000288. The van der Waals surface area contributed by atoms with Gasteiger partial charge in [0.15, 0.2) is 18.8 Å². The van der Waals surface area contributed by atoms with Crippen LogP contribution in [0.5, 0.6) is 0 Å². The van der Waals surface area contributed by atoms with E-state index >= 15 is 0 Å². The summed E-state index contributed by atoms with van der Waals surface area (Å²) < 4.78 is 32.0. The molecule has 0 saturated heterocycles. The van der Waals surface area contributed by atoms with Gasteiger partial charge >= 0.3 is 5.97 Å². The van der Waals surface area contributed by atoms with Crippen LogP contribution >= 0.6 is 11.3 Å². The van der Waals surface area contributed by atoms with E-state index in [4.69, 9.17) is 21.3 Å². The van der Waals surface area contributed by atoms with E-state index in [2.05, 4.69) is 25.4 Å². The van der Waals surface area contributed by atoms with E-state index in [0.29, 0.717) is 17.9 Å². The van der Waals surface area contributed by atoms with Crippen molar-refractivity contribution in [1.29, 1.82) is 0 Å². The van der Waals surface area contributed by atoms with Crippen LogP contribution in [0.25, 0.3) is 5.70 Å². The van der Waals surface area contributed by atoms with E-state index in [1.165, 1.54) is 30.6 Å². The summed E-state index contributed by atoms with van der Waals surface area (Å²) in [4.78, 5) is 34.5. The van der Waals surface area contributed by atoms with Gasteiger partial charge in [-0.1, -0.05) is 33.1 Å². The van der Waals surface area contributed by atoms with E-state index in [1.807, 2.05) is 13.8 Å². The predicted molar refractivity (Wildman–Crippen MR) is 172 cm³/mol. The Labute approximate surface area is 266 Å². The number of thiazole rings is 1. The van der Waals surface area contributed by atoms with Crippen LogP contribution < -0.4 is 16.8 Å². The Morgan fingerprint density at radius 3 is 2.56 bits per heavy atom. The molecule has 0 spiro atoms. The Kier molecular flexibility index (Phi) is 16.2. The van der Waals surface area contributed by atoms with E-state index in [0.717, 1.165) is 36.3 Å². The highest BCUT2D eigenvalue weighted by Crippen LogP contribution is 2.24. The van der Waals surface area contributed by atoms with E-state index in [9.17, 15) is 18.4 Å². The average Bonchev–Trinajstić information content (AvgIpc) is 3.72. The zero-order valence-electron chi connectivity index (χ0n) is 26.2. The second-order valence-electron chi connectivity index (χ2n) is 10.6. The monoisotopic (exact) mass is 650 g/mol. The van der Waals surface area contributed by atoms with Crippen molar-refractivity contribution in [1.82, 2.24) is 20.3 Å². The Bertz CT molecular complexity index is 1310.